The Labute approximate surface area is 108 Å². The fourth-order valence-electron chi connectivity index (χ4n) is 1.96. The second-order valence-electron chi connectivity index (χ2n) is 5.79. The van der Waals surface area contributed by atoms with Crippen molar-refractivity contribution in [2.45, 2.75) is 57.7 Å². The first-order valence-electron chi connectivity index (χ1n) is 6.21. The molecule has 0 amide bonds. The molecule has 1 N–H and O–H groups in total. The summed E-state index contributed by atoms with van der Waals surface area (Å²) in [5, 5.41) is 4.64. The number of nitrogens with zero attached hydrogens (tertiary/aromatic N) is 1. The molecule has 0 aromatic carbocycles. The molecule has 0 radical (unpaired) electrons. The molecule has 1 saturated carbocycles. The molecule has 1 aromatic heterocycles. The number of methoxy groups -OCH3 is 1. The lowest BCUT2D eigenvalue weighted by molar-refractivity contribution is -0.0779. The summed E-state index contributed by atoms with van der Waals surface area (Å²) in [5.74, 6) is 0. The molecule has 0 bridgehead atoms. The van der Waals surface area contributed by atoms with Crippen LogP contribution in [0.15, 0.2) is 6.20 Å². The molecule has 1 aliphatic rings. The van der Waals surface area contributed by atoms with Crippen LogP contribution in [0.3, 0.4) is 0 Å². The lowest BCUT2D eigenvalue weighted by Crippen LogP contribution is -2.36. The van der Waals surface area contributed by atoms with E-state index in [9.17, 15) is 0 Å². The molecule has 0 aliphatic heterocycles. The lowest BCUT2D eigenvalue weighted by atomic mass is 9.80. The Morgan fingerprint density at radius 1 is 1.47 bits per heavy atom. The van der Waals surface area contributed by atoms with Gasteiger partial charge in [0.2, 0.25) is 0 Å². The van der Waals surface area contributed by atoms with Crippen LogP contribution in [0.5, 0.6) is 0 Å². The molecule has 0 unspecified atom stereocenters. The van der Waals surface area contributed by atoms with Crippen LogP contribution in [0.2, 0.25) is 0 Å². The van der Waals surface area contributed by atoms with Gasteiger partial charge in [0, 0.05) is 30.3 Å². The second kappa shape index (κ2) is 4.67. The van der Waals surface area contributed by atoms with Crippen LogP contribution in [0.4, 0.5) is 0 Å². The first kappa shape index (κ1) is 13.0. The third-order valence-corrected chi connectivity index (χ3v) is 4.47. The first-order valence-corrected chi connectivity index (χ1v) is 7.02. The zero-order valence-electron chi connectivity index (χ0n) is 11.2. The predicted octanol–water partition coefficient (Wildman–Crippen LogP) is 3.06. The van der Waals surface area contributed by atoms with Crippen LogP contribution in [-0.2, 0) is 16.9 Å². The fraction of sp³-hybridized carbons (Fsp3) is 0.769. The normalized spacial score (nSPS) is 19.1. The highest BCUT2D eigenvalue weighted by molar-refractivity contribution is 7.11. The maximum atomic E-state index is 5.65. The zero-order valence-corrected chi connectivity index (χ0v) is 12.0. The number of nitrogens with one attached hydrogen (secondary N) is 1. The SMILES string of the molecule is COC1(c2ncc(CNC(C)(C)C)s2)CCC1. The van der Waals surface area contributed by atoms with Crippen molar-refractivity contribution in [1.82, 2.24) is 10.3 Å². The van der Waals surface area contributed by atoms with Gasteiger partial charge in [0.15, 0.2) is 0 Å². The molecule has 96 valence electrons. The maximum absolute atomic E-state index is 5.65. The molecule has 0 spiro atoms. The number of aromatic nitrogens is 1. The van der Waals surface area contributed by atoms with Crippen molar-refractivity contribution in [3.8, 4) is 0 Å². The second-order valence-corrected chi connectivity index (χ2v) is 6.90. The van der Waals surface area contributed by atoms with E-state index in [1.54, 1.807) is 18.4 Å². The minimum Gasteiger partial charge on any atom is -0.371 e. The Hall–Kier alpha value is -0.450. The van der Waals surface area contributed by atoms with E-state index in [1.165, 1.54) is 11.3 Å². The molecule has 4 heteroatoms. The highest BCUT2D eigenvalue weighted by atomic mass is 32.1. The molecular weight excluding hydrogens is 232 g/mol. The van der Waals surface area contributed by atoms with E-state index >= 15 is 0 Å². The maximum Gasteiger partial charge on any atom is 0.125 e. The largest absolute Gasteiger partial charge is 0.371 e. The Morgan fingerprint density at radius 2 is 2.18 bits per heavy atom. The van der Waals surface area contributed by atoms with Gasteiger partial charge in [0.05, 0.1) is 0 Å². The van der Waals surface area contributed by atoms with E-state index in [0.29, 0.717) is 0 Å². The quantitative estimate of drug-likeness (QED) is 0.896. The van der Waals surface area contributed by atoms with E-state index in [0.717, 1.165) is 24.4 Å². The standard InChI is InChI=1S/C13H22N2OS/c1-12(2,3)15-9-10-8-14-11(17-10)13(16-4)6-5-7-13/h8,15H,5-7,9H2,1-4H3. The summed E-state index contributed by atoms with van der Waals surface area (Å²) < 4.78 is 5.65. The van der Waals surface area contributed by atoms with Crippen LogP contribution in [0.25, 0.3) is 0 Å². The predicted molar refractivity (Wildman–Crippen MR) is 71.2 cm³/mol. The average Bonchev–Trinajstić information content (AvgIpc) is 2.62. The third kappa shape index (κ3) is 2.87. The Kier molecular flexibility index (Phi) is 3.57. The molecule has 0 saturated heterocycles. The molecular formula is C13H22N2OS. The number of hydrogen-bond acceptors (Lipinski definition) is 4. The Balaban J connectivity index is 2.01. The Morgan fingerprint density at radius 3 is 2.65 bits per heavy atom. The van der Waals surface area contributed by atoms with Crippen LogP contribution < -0.4 is 5.32 Å². The molecule has 17 heavy (non-hydrogen) atoms. The average molecular weight is 254 g/mol. The highest BCUT2D eigenvalue weighted by Crippen LogP contribution is 2.45. The van der Waals surface area contributed by atoms with Crippen molar-refractivity contribution >= 4 is 11.3 Å². The molecule has 3 nitrogen and oxygen atoms in total. The molecule has 0 atom stereocenters. The summed E-state index contributed by atoms with van der Waals surface area (Å²) in [6, 6.07) is 0. The van der Waals surface area contributed by atoms with Crippen molar-refractivity contribution in [1.29, 1.82) is 0 Å². The number of hydrogen-bond donors (Lipinski definition) is 1. The van der Waals surface area contributed by atoms with Crippen LogP contribution in [-0.4, -0.2) is 17.6 Å². The minimum atomic E-state index is -0.0648. The molecule has 1 heterocycles. The summed E-state index contributed by atoms with van der Waals surface area (Å²) in [6.45, 7) is 7.42. The van der Waals surface area contributed by atoms with Gasteiger partial charge in [-0.25, -0.2) is 4.98 Å². The number of rotatable bonds is 4. The van der Waals surface area contributed by atoms with Gasteiger partial charge in [-0.05, 0) is 40.0 Å². The Bertz CT molecular complexity index is 372. The monoisotopic (exact) mass is 254 g/mol. The van der Waals surface area contributed by atoms with E-state index < -0.39 is 0 Å². The van der Waals surface area contributed by atoms with Crippen molar-refractivity contribution in [3.05, 3.63) is 16.1 Å². The molecule has 1 aromatic rings. The number of ether oxygens (including phenoxy) is 1. The molecule has 1 aliphatic carbocycles. The van der Waals surface area contributed by atoms with Crippen LogP contribution >= 0.6 is 11.3 Å². The lowest BCUT2D eigenvalue weighted by Gasteiger charge is -2.38. The first-order chi connectivity index (χ1) is 7.95. The van der Waals surface area contributed by atoms with Gasteiger partial charge in [-0.1, -0.05) is 0 Å². The topological polar surface area (TPSA) is 34.1 Å². The summed E-state index contributed by atoms with van der Waals surface area (Å²) in [6.07, 6.45) is 5.47. The third-order valence-electron chi connectivity index (χ3n) is 3.29. The van der Waals surface area contributed by atoms with Gasteiger partial charge in [-0.15, -0.1) is 11.3 Å². The van der Waals surface area contributed by atoms with Gasteiger partial charge in [-0.2, -0.15) is 0 Å². The van der Waals surface area contributed by atoms with Crippen molar-refractivity contribution in [3.63, 3.8) is 0 Å². The van der Waals surface area contributed by atoms with E-state index in [-0.39, 0.29) is 11.1 Å². The van der Waals surface area contributed by atoms with Gasteiger partial charge in [-0.3, -0.25) is 0 Å². The smallest absolute Gasteiger partial charge is 0.125 e. The minimum absolute atomic E-state index is 0.0648. The van der Waals surface area contributed by atoms with Crippen LogP contribution in [0.1, 0.15) is 49.9 Å². The molecule has 1 fully saturated rings. The van der Waals surface area contributed by atoms with Gasteiger partial charge >= 0.3 is 0 Å². The summed E-state index contributed by atoms with van der Waals surface area (Å²) in [4.78, 5) is 5.83. The van der Waals surface area contributed by atoms with E-state index in [1.807, 2.05) is 6.20 Å². The number of thiazole rings is 1. The summed E-state index contributed by atoms with van der Waals surface area (Å²) in [5.41, 5.74) is 0.0875. The zero-order chi connectivity index (χ0) is 12.5. The van der Waals surface area contributed by atoms with Crippen molar-refractivity contribution < 1.29 is 4.74 Å². The van der Waals surface area contributed by atoms with Gasteiger partial charge in [0.25, 0.3) is 0 Å². The van der Waals surface area contributed by atoms with Crippen molar-refractivity contribution in [2.24, 2.45) is 0 Å². The molecule has 2 rings (SSSR count). The highest BCUT2D eigenvalue weighted by Gasteiger charge is 2.41. The van der Waals surface area contributed by atoms with Gasteiger partial charge in [0.1, 0.15) is 10.6 Å². The summed E-state index contributed by atoms with van der Waals surface area (Å²) in [7, 11) is 1.80. The van der Waals surface area contributed by atoms with Gasteiger partial charge < -0.3 is 10.1 Å². The van der Waals surface area contributed by atoms with Crippen molar-refractivity contribution in [2.75, 3.05) is 7.11 Å². The summed E-state index contributed by atoms with van der Waals surface area (Å²) >= 11 is 1.78. The van der Waals surface area contributed by atoms with E-state index in [2.05, 4.69) is 31.1 Å². The van der Waals surface area contributed by atoms with Crippen LogP contribution in [0, 0.1) is 0 Å². The van der Waals surface area contributed by atoms with E-state index in [4.69, 9.17) is 4.74 Å². The fourth-order valence-corrected chi connectivity index (χ4v) is 3.03.